The van der Waals surface area contributed by atoms with Crippen LogP contribution in [-0.2, 0) is 31.4 Å². The molecule has 4 aromatic rings. The van der Waals surface area contributed by atoms with Crippen molar-refractivity contribution in [1.29, 1.82) is 0 Å². The van der Waals surface area contributed by atoms with Crippen LogP contribution in [0.15, 0.2) is 94.6 Å². The van der Waals surface area contributed by atoms with E-state index in [-0.39, 0.29) is 13.0 Å². The van der Waals surface area contributed by atoms with Gasteiger partial charge in [0.15, 0.2) is 0 Å². The molecule has 1 saturated heterocycles. The highest BCUT2D eigenvalue weighted by Gasteiger charge is 2.43. The topological polar surface area (TPSA) is 139 Å². The Morgan fingerprint density at radius 1 is 0.909 bits per heavy atom. The van der Waals surface area contributed by atoms with Gasteiger partial charge in [0.1, 0.15) is 29.4 Å². The molecule has 1 fully saturated rings. The van der Waals surface area contributed by atoms with E-state index in [9.17, 15) is 14.5 Å². The number of ether oxygens (including phenoxy) is 4. The predicted molar refractivity (Wildman–Crippen MR) is 214 cm³/mol. The van der Waals surface area contributed by atoms with Crippen LogP contribution in [-0.4, -0.2) is 79.3 Å². The van der Waals surface area contributed by atoms with Crippen LogP contribution in [0.5, 0.6) is 11.5 Å². The molecule has 0 amide bonds. The molecular weight excluding hydrogens is 740 g/mol. The largest absolute Gasteiger partial charge is 0.801 e. The van der Waals surface area contributed by atoms with Gasteiger partial charge in [-0.1, -0.05) is 66.4 Å². The average Bonchev–Trinajstić information content (AvgIpc) is 3.41. The summed E-state index contributed by atoms with van der Waals surface area (Å²) in [6.07, 6.45) is 6.08. The van der Waals surface area contributed by atoms with Crippen LogP contribution in [0.3, 0.4) is 0 Å². The Morgan fingerprint density at radius 2 is 1.53 bits per heavy atom. The second kappa shape index (κ2) is 18.2. The van der Waals surface area contributed by atoms with Crippen LogP contribution in [0.4, 0.5) is 0 Å². The highest BCUT2D eigenvalue weighted by molar-refractivity contribution is 8.08. The summed E-state index contributed by atoms with van der Waals surface area (Å²) in [5.41, 5.74) is 0.584. The molecule has 4 atom stereocenters. The van der Waals surface area contributed by atoms with Gasteiger partial charge in [-0.25, -0.2) is 4.79 Å². The van der Waals surface area contributed by atoms with Crippen LogP contribution in [0.2, 0.25) is 0 Å². The van der Waals surface area contributed by atoms with Crippen molar-refractivity contribution in [3.63, 3.8) is 0 Å². The molecule has 4 heterocycles. The van der Waals surface area contributed by atoms with Gasteiger partial charge >= 0.3 is 5.69 Å². The predicted octanol–water partition coefficient (Wildman–Crippen LogP) is 4.81. The Morgan fingerprint density at radius 3 is 2.15 bits per heavy atom. The van der Waals surface area contributed by atoms with Crippen LogP contribution in [0.1, 0.15) is 67.0 Å². The minimum Gasteiger partial charge on any atom is -0.801 e. The minimum atomic E-state index is -3.38. The standard InChI is InChI=1S/C32H35N2O8PS.C9H16N2/c1-21-19-34(31(36)33-30(21)35)29-18-27(42-43(4,37)44)28(41-29)20-40-32(22-8-6-5-7-9-22,23-10-14-25(38-2)15-11-23)24-12-16-26(39-3)17-13-24;1-2-5-9-10-6-4-8-11(9)7-3-1/h5-17,19,27-29H,18,20H2,1-4H3,(H,37,44)(H,33,35,36);1-8H2/t27-,28+,29+,43?;/m0./s1. The van der Waals surface area contributed by atoms with E-state index in [1.165, 1.54) is 75.0 Å². The summed E-state index contributed by atoms with van der Waals surface area (Å²) >= 11 is 5.13. The lowest BCUT2D eigenvalue weighted by Crippen LogP contribution is -2.40. The lowest BCUT2D eigenvalue weighted by Gasteiger charge is -2.38. The molecule has 55 heavy (non-hydrogen) atoms. The minimum absolute atomic E-state index is 0.0272. The number of rotatable bonds is 11. The maximum absolute atomic E-state index is 12.7. The van der Waals surface area contributed by atoms with Crippen molar-refractivity contribution in [3.05, 3.63) is 128 Å². The zero-order chi connectivity index (χ0) is 39.0. The zero-order valence-corrected chi connectivity index (χ0v) is 33.6. The number of aryl methyl sites for hydroxylation is 1. The van der Waals surface area contributed by atoms with E-state index in [4.69, 9.17) is 35.3 Å². The van der Waals surface area contributed by atoms with Gasteiger partial charge in [-0.15, -0.1) is 0 Å². The maximum Gasteiger partial charge on any atom is 0.330 e. The summed E-state index contributed by atoms with van der Waals surface area (Å²) in [6, 6.07) is 25.0. The lowest BCUT2D eigenvalue weighted by atomic mass is 9.80. The van der Waals surface area contributed by atoms with Gasteiger partial charge in [0.2, 0.25) is 5.84 Å². The number of hydrogen-bond acceptors (Lipinski definition) is 10. The fraction of sp³-hybridized carbons (Fsp3) is 0.439. The van der Waals surface area contributed by atoms with Gasteiger partial charge in [0, 0.05) is 31.0 Å². The van der Waals surface area contributed by atoms with E-state index >= 15 is 0 Å². The van der Waals surface area contributed by atoms with Crippen molar-refractivity contribution in [1.82, 2.24) is 14.9 Å². The van der Waals surface area contributed by atoms with E-state index in [1.807, 2.05) is 78.9 Å². The van der Waals surface area contributed by atoms with Gasteiger partial charge < -0.3 is 28.4 Å². The first-order chi connectivity index (χ1) is 26.5. The van der Waals surface area contributed by atoms with Crippen molar-refractivity contribution < 1.29 is 32.9 Å². The van der Waals surface area contributed by atoms with Crippen molar-refractivity contribution in [2.45, 2.75) is 69.5 Å². The normalized spacial score (nSPS) is 20.9. The van der Waals surface area contributed by atoms with Crippen molar-refractivity contribution in [3.8, 4) is 11.5 Å². The maximum atomic E-state index is 12.7. The van der Waals surface area contributed by atoms with E-state index in [0.29, 0.717) is 17.1 Å². The molecule has 7 rings (SSSR count). The van der Waals surface area contributed by atoms with Crippen LogP contribution in [0, 0.1) is 6.92 Å². The van der Waals surface area contributed by atoms with Crippen molar-refractivity contribution in [2.75, 3.05) is 47.1 Å². The number of methoxy groups -OCH3 is 2. The molecule has 3 aliphatic rings. The molecule has 2 N–H and O–H groups in total. The summed E-state index contributed by atoms with van der Waals surface area (Å²) in [7, 11) is 3.21. The first-order valence-electron chi connectivity index (χ1n) is 18.8. The summed E-state index contributed by atoms with van der Waals surface area (Å²) in [5, 5.41) is 3.50. The van der Waals surface area contributed by atoms with E-state index < -0.39 is 41.8 Å². The second-order valence-corrected chi connectivity index (χ2v) is 17.8. The third kappa shape index (κ3) is 9.83. The third-order valence-electron chi connectivity index (χ3n) is 10.3. The molecule has 14 heteroatoms. The Balaban J connectivity index is 0.000000397. The number of H-pyrrole nitrogens is 1. The summed E-state index contributed by atoms with van der Waals surface area (Å²) in [5.74, 6) is 2.90. The number of nitrogens with one attached hydrogen (secondary N) is 2. The van der Waals surface area contributed by atoms with Gasteiger partial charge in [-0.05, 0) is 80.3 Å². The summed E-state index contributed by atoms with van der Waals surface area (Å²) in [4.78, 5) is 39.7. The van der Waals surface area contributed by atoms with Gasteiger partial charge in [0.05, 0.1) is 46.6 Å². The number of aromatic nitrogens is 2. The van der Waals surface area contributed by atoms with Crippen molar-refractivity contribution >= 4 is 24.1 Å². The van der Waals surface area contributed by atoms with Crippen LogP contribution >= 0.6 is 6.49 Å². The number of hydrogen-bond donors (Lipinski definition) is 2. The summed E-state index contributed by atoms with van der Waals surface area (Å²) < 4.78 is 33.8. The SMILES string of the molecule is C1CCC2=[N+](CC1)CCCN2.COc1ccc(C(OC[C@H]2O[C@@H](n3cc(C)c(=O)[nH]c3=O)C[C@@H]2OP(C)([O-])=S)(c2ccccc2)c2ccc(OC)cc2)cc1. The zero-order valence-electron chi connectivity index (χ0n) is 31.9. The second-order valence-electron chi connectivity index (χ2n) is 14.1. The van der Waals surface area contributed by atoms with E-state index in [2.05, 4.69) is 14.9 Å². The third-order valence-corrected chi connectivity index (χ3v) is 11.2. The van der Waals surface area contributed by atoms with E-state index in [1.54, 1.807) is 21.1 Å². The van der Waals surface area contributed by atoms with E-state index in [0.717, 1.165) is 16.7 Å². The molecule has 1 unspecified atom stereocenters. The molecule has 0 saturated carbocycles. The molecule has 0 bridgehead atoms. The monoisotopic (exact) mass is 790 g/mol. The molecule has 0 aliphatic carbocycles. The fourth-order valence-electron chi connectivity index (χ4n) is 7.47. The average molecular weight is 791 g/mol. The van der Waals surface area contributed by atoms with Gasteiger partial charge in [0.25, 0.3) is 5.56 Å². The number of aromatic amines is 1. The molecule has 1 aromatic heterocycles. The van der Waals surface area contributed by atoms with Crippen LogP contribution < -0.4 is 30.9 Å². The Labute approximate surface area is 327 Å². The molecule has 3 aliphatic heterocycles. The number of nitrogens with zero attached hydrogens (tertiary/aromatic N) is 2. The quantitative estimate of drug-likeness (QED) is 0.124. The van der Waals surface area contributed by atoms with Gasteiger partial charge in [-0.3, -0.25) is 24.2 Å². The Kier molecular flexibility index (Phi) is 13.4. The smallest absolute Gasteiger partial charge is 0.330 e. The molecule has 0 radical (unpaired) electrons. The molecule has 294 valence electrons. The first-order valence-corrected chi connectivity index (χ1v) is 21.9. The number of amidine groups is 1. The molecular formula is C41H51N4O8PS. The van der Waals surface area contributed by atoms with Gasteiger partial charge in [-0.2, -0.15) is 0 Å². The molecule has 0 spiro atoms. The Bertz CT molecular complexity index is 2020. The number of benzene rings is 3. The molecule has 12 nitrogen and oxygen atoms in total. The Hall–Kier alpha value is -4.10. The fourth-order valence-corrected chi connectivity index (χ4v) is 8.52. The highest BCUT2D eigenvalue weighted by atomic mass is 32.5. The molecule has 3 aromatic carbocycles. The lowest BCUT2D eigenvalue weighted by molar-refractivity contribution is -0.534. The summed E-state index contributed by atoms with van der Waals surface area (Å²) in [6.45, 7) is 3.33. The first kappa shape index (κ1) is 40.6. The van der Waals surface area contributed by atoms with Crippen LogP contribution in [0.25, 0.3) is 0 Å². The van der Waals surface area contributed by atoms with Crippen molar-refractivity contribution in [2.24, 2.45) is 0 Å². The highest BCUT2D eigenvalue weighted by Crippen LogP contribution is 2.45.